The lowest BCUT2D eigenvalue weighted by molar-refractivity contribution is -0.139. The van der Waals surface area contributed by atoms with Crippen LogP contribution in [0.3, 0.4) is 0 Å². The highest BCUT2D eigenvalue weighted by atomic mass is 19.4. The molecule has 0 spiro atoms. The second kappa shape index (κ2) is 10.6. The van der Waals surface area contributed by atoms with Gasteiger partial charge in [0, 0.05) is 37.1 Å². The molecular formula is C25H19F7N6O3. The minimum atomic E-state index is -4.92. The average Bonchev–Trinajstić information content (AvgIpc) is 2.89. The van der Waals surface area contributed by atoms with Gasteiger partial charge in [0.25, 0.3) is 11.1 Å². The van der Waals surface area contributed by atoms with E-state index in [2.05, 4.69) is 20.4 Å². The summed E-state index contributed by atoms with van der Waals surface area (Å²) in [5, 5.41) is 8.14. The molecule has 1 aliphatic rings. The zero-order valence-electron chi connectivity index (χ0n) is 20.7. The van der Waals surface area contributed by atoms with Gasteiger partial charge in [0.1, 0.15) is 11.4 Å². The van der Waals surface area contributed by atoms with Gasteiger partial charge < -0.3 is 14.6 Å². The maximum absolute atomic E-state index is 14.9. The van der Waals surface area contributed by atoms with E-state index in [9.17, 15) is 40.3 Å². The average molecular weight is 584 g/mol. The zero-order chi connectivity index (χ0) is 29.5. The summed E-state index contributed by atoms with van der Waals surface area (Å²) in [4.78, 5) is 32.1. The molecule has 0 aliphatic carbocycles. The normalized spacial score (nSPS) is 18.0. The fourth-order valence-electron chi connectivity index (χ4n) is 4.66. The number of benzene rings is 1. The second-order valence-electron chi connectivity index (χ2n) is 9.45. The van der Waals surface area contributed by atoms with E-state index in [1.54, 1.807) is 5.10 Å². The molecule has 3 aromatic heterocycles. The molecule has 0 amide bonds. The lowest BCUT2D eigenvalue weighted by atomic mass is 9.97. The molecule has 1 fully saturated rings. The van der Waals surface area contributed by atoms with Crippen LogP contribution in [0.4, 0.5) is 36.4 Å². The first-order valence-electron chi connectivity index (χ1n) is 12.0. The van der Waals surface area contributed by atoms with Gasteiger partial charge in [-0.2, -0.15) is 31.4 Å². The first kappa shape index (κ1) is 28.2. The van der Waals surface area contributed by atoms with Crippen molar-refractivity contribution in [2.75, 3.05) is 18.5 Å². The number of ether oxygens (including phenoxy) is 1. The number of nitrogens with one attached hydrogen (secondary N) is 2. The van der Waals surface area contributed by atoms with E-state index in [1.165, 1.54) is 22.9 Å². The van der Waals surface area contributed by atoms with Crippen LogP contribution in [-0.4, -0.2) is 44.0 Å². The highest BCUT2D eigenvalue weighted by Crippen LogP contribution is 2.33. The van der Waals surface area contributed by atoms with E-state index in [0.29, 0.717) is 17.8 Å². The van der Waals surface area contributed by atoms with Crippen molar-refractivity contribution in [3.63, 3.8) is 0 Å². The Labute approximate surface area is 225 Å². The Morgan fingerprint density at radius 1 is 1.02 bits per heavy atom. The van der Waals surface area contributed by atoms with Crippen LogP contribution in [-0.2, 0) is 23.6 Å². The molecule has 5 rings (SSSR count). The fraction of sp³-hybridized carbons (Fsp3) is 0.320. The highest BCUT2D eigenvalue weighted by molar-refractivity contribution is 5.86. The Morgan fingerprint density at radius 3 is 2.44 bits per heavy atom. The smallest absolute Gasteiger partial charge is 0.379 e. The van der Waals surface area contributed by atoms with E-state index in [-0.39, 0.29) is 48.9 Å². The van der Waals surface area contributed by atoms with Crippen molar-refractivity contribution in [1.29, 1.82) is 0 Å². The summed E-state index contributed by atoms with van der Waals surface area (Å²) in [7, 11) is 0. The Hall–Kier alpha value is -4.34. The molecule has 4 aromatic rings. The van der Waals surface area contributed by atoms with Crippen LogP contribution in [0.1, 0.15) is 17.5 Å². The number of aromatic amines is 1. The van der Waals surface area contributed by atoms with Gasteiger partial charge in [-0.3, -0.25) is 9.59 Å². The molecule has 16 heteroatoms. The Morgan fingerprint density at radius 2 is 1.76 bits per heavy atom. The monoisotopic (exact) mass is 584 g/mol. The number of hydrogen-bond acceptors (Lipinski definition) is 7. The first-order valence-corrected chi connectivity index (χ1v) is 12.0. The second-order valence-corrected chi connectivity index (χ2v) is 9.45. The van der Waals surface area contributed by atoms with E-state index in [0.717, 1.165) is 12.3 Å². The molecule has 1 saturated heterocycles. The molecule has 9 nitrogen and oxygen atoms in total. The molecule has 1 aromatic carbocycles. The van der Waals surface area contributed by atoms with Gasteiger partial charge in [0.2, 0.25) is 0 Å². The van der Waals surface area contributed by atoms with Crippen molar-refractivity contribution in [3.05, 3.63) is 80.6 Å². The third-order valence-corrected chi connectivity index (χ3v) is 6.53. The minimum absolute atomic E-state index is 0.00327. The SMILES string of the molecule is O=c1[nH]ncc(N[C@H]2COC[C@@H](Cn3ccc4cc(-c5ncc(C(F)(F)F)cn5)c(F)cc4c3=O)C2)c1C(F)(F)F. The van der Waals surface area contributed by atoms with Crippen LogP contribution < -0.4 is 16.4 Å². The molecule has 0 bridgehead atoms. The molecule has 216 valence electrons. The Kier molecular flexibility index (Phi) is 7.27. The predicted molar refractivity (Wildman–Crippen MR) is 130 cm³/mol. The van der Waals surface area contributed by atoms with Crippen molar-refractivity contribution in [3.8, 4) is 11.4 Å². The van der Waals surface area contributed by atoms with Crippen LogP contribution in [0.15, 0.2) is 52.6 Å². The van der Waals surface area contributed by atoms with Crippen molar-refractivity contribution in [2.24, 2.45) is 5.92 Å². The van der Waals surface area contributed by atoms with Crippen LogP contribution in [0, 0.1) is 11.7 Å². The van der Waals surface area contributed by atoms with E-state index < -0.39 is 52.1 Å². The number of pyridine rings is 1. The number of aromatic nitrogens is 5. The van der Waals surface area contributed by atoms with Gasteiger partial charge in [-0.1, -0.05) is 0 Å². The predicted octanol–water partition coefficient (Wildman–Crippen LogP) is 4.24. The molecule has 0 unspecified atom stereocenters. The summed E-state index contributed by atoms with van der Waals surface area (Å²) < 4.78 is 100. The Balaban J connectivity index is 1.35. The van der Waals surface area contributed by atoms with Gasteiger partial charge in [-0.15, -0.1) is 0 Å². The van der Waals surface area contributed by atoms with Gasteiger partial charge in [-0.05, 0) is 30.0 Å². The minimum Gasteiger partial charge on any atom is -0.379 e. The number of nitrogens with zero attached hydrogens (tertiary/aromatic N) is 4. The summed E-state index contributed by atoms with van der Waals surface area (Å²) >= 11 is 0. The van der Waals surface area contributed by atoms with E-state index in [1.807, 2.05) is 0 Å². The van der Waals surface area contributed by atoms with Crippen LogP contribution in [0.2, 0.25) is 0 Å². The summed E-state index contributed by atoms with van der Waals surface area (Å²) in [6, 6.07) is 3.10. The number of rotatable bonds is 5. The van der Waals surface area contributed by atoms with Gasteiger partial charge in [0.05, 0.1) is 41.6 Å². The third kappa shape index (κ3) is 5.91. The molecule has 2 atom stereocenters. The number of fused-ring (bicyclic) bond motifs is 1. The van der Waals surface area contributed by atoms with Crippen molar-refractivity contribution in [2.45, 2.75) is 31.4 Å². The number of hydrogen-bond donors (Lipinski definition) is 2. The van der Waals surface area contributed by atoms with E-state index >= 15 is 0 Å². The molecule has 41 heavy (non-hydrogen) atoms. The van der Waals surface area contributed by atoms with Crippen LogP contribution >= 0.6 is 0 Å². The molecule has 1 aliphatic heterocycles. The number of H-pyrrole nitrogens is 1. The summed E-state index contributed by atoms with van der Waals surface area (Å²) in [6.07, 6.45) is -5.91. The van der Waals surface area contributed by atoms with E-state index in [4.69, 9.17) is 4.74 Å². The lowest BCUT2D eigenvalue weighted by Gasteiger charge is -2.31. The zero-order valence-corrected chi connectivity index (χ0v) is 20.7. The summed E-state index contributed by atoms with van der Waals surface area (Å²) in [5.74, 6) is -1.53. The van der Waals surface area contributed by atoms with Crippen molar-refractivity contribution >= 4 is 16.5 Å². The molecular weight excluding hydrogens is 565 g/mol. The van der Waals surface area contributed by atoms with Gasteiger partial charge in [0.15, 0.2) is 5.82 Å². The summed E-state index contributed by atoms with van der Waals surface area (Å²) in [5.41, 5.74) is -5.15. The summed E-state index contributed by atoms with van der Waals surface area (Å²) in [6.45, 7) is 0.340. The molecule has 2 N–H and O–H groups in total. The molecule has 0 saturated carbocycles. The molecule has 4 heterocycles. The van der Waals surface area contributed by atoms with Crippen LogP contribution in [0.5, 0.6) is 0 Å². The maximum Gasteiger partial charge on any atom is 0.423 e. The Bertz CT molecular complexity index is 1700. The maximum atomic E-state index is 14.9. The lowest BCUT2D eigenvalue weighted by Crippen LogP contribution is -2.39. The fourth-order valence-corrected chi connectivity index (χ4v) is 4.66. The highest BCUT2D eigenvalue weighted by Gasteiger charge is 2.38. The van der Waals surface area contributed by atoms with Crippen molar-refractivity contribution in [1.82, 2.24) is 24.7 Å². The van der Waals surface area contributed by atoms with Crippen LogP contribution in [0.25, 0.3) is 22.2 Å². The van der Waals surface area contributed by atoms with Crippen molar-refractivity contribution < 1.29 is 35.5 Å². The largest absolute Gasteiger partial charge is 0.423 e. The topological polar surface area (TPSA) is 115 Å². The molecule has 0 radical (unpaired) electrons. The van der Waals surface area contributed by atoms with Gasteiger partial charge in [-0.25, -0.2) is 19.5 Å². The third-order valence-electron chi connectivity index (χ3n) is 6.53. The van der Waals surface area contributed by atoms with Gasteiger partial charge >= 0.3 is 12.4 Å². The standard InChI is InChI=1S/C25H19F7N6O3/c26-18-5-16-13(4-17(18)21-33-6-14(7-34-21)24(27,28)29)1-2-38(23(16)40)9-12-3-15(11-41-10-12)36-19-8-35-37-22(39)20(19)25(30,31)32/h1-2,4-8,12,15H,3,9-11H2,(H2,36,37,39)/t12-,15-/m1/s1. The number of alkyl halides is 6. The quantitative estimate of drug-likeness (QED) is 0.338. The number of halogens is 7. The first-order chi connectivity index (χ1) is 19.3. The number of anilines is 1.